The van der Waals surface area contributed by atoms with Gasteiger partial charge in [0.15, 0.2) is 0 Å². The average Bonchev–Trinajstić information content (AvgIpc) is 1.99. The van der Waals surface area contributed by atoms with Gasteiger partial charge in [-0.3, -0.25) is 9.11 Å². The fourth-order valence-corrected chi connectivity index (χ4v) is 1.26. The van der Waals surface area contributed by atoms with E-state index in [1.54, 1.807) is 0 Å². The van der Waals surface area contributed by atoms with Crippen LogP contribution in [0.1, 0.15) is 0 Å². The van der Waals surface area contributed by atoms with Crippen LogP contribution in [0.3, 0.4) is 0 Å². The van der Waals surface area contributed by atoms with Gasteiger partial charge in [0.1, 0.15) is 0 Å². The summed E-state index contributed by atoms with van der Waals surface area (Å²) in [5.74, 6) is 0. The number of nitrogens with one attached hydrogen (secondary N) is 1. The van der Waals surface area contributed by atoms with Gasteiger partial charge in [-0.2, -0.15) is 16.8 Å². The lowest BCUT2D eigenvalue weighted by atomic mass is 10.6. The zero-order valence-corrected chi connectivity index (χ0v) is 9.61. The normalized spacial score (nSPS) is 11.8. The monoisotopic (exact) mass is 283 g/mol. The van der Waals surface area contributed by atoms with Crippen LogP contribution in [-0.2, 0) is 24.4 Å². The van der Waals surface area contributed by atoms with Crippen molar-refractivity contribution in [3.8, 4) is 0 Å². The number of rotatable bonds is 6. The van der Waals surface area contributed by atoms with Crippen LogP contribution in [0.5, 0.6) is 0 Å². The SMILES string of the molecule is O=S(=O)(O)OS(=O)(=O)O.OCCNCCO. The quantitative estimate of drug-likeness (QED) is 0.253. The second kappa shape index (κ2) is 8.77. The molecule has 0 bridgehead atoms. The van der Waals surface area contributed by atoms with Crippen LogP contribution in [0.25, 0.3) is 0 Å². The van der Waals surface area contributed by atoms with E-state index in [2.05, 4.69) is 8.95 Å². The summed E-state index contributed by atoms with van der Waals surface area (Å²) in [6, 6.07) is 0. The van der Waals surface area contributed by atoms with Crippen LogP contribution in [-0.4, -0.2) is 62.5 Å². The van der Waals surface area contributed by atoms with Crippen molar-refractivity contribution in [3.05, 3.63) is 0 Å². The van der Waals surface area contributed by atoms with Crippen LogP contribution >= 0.6 is 0 Å². The smallest absolute Gasteiger partial charge is 0.395 e. The van der Waals surface area contributed by atoms with Gasteiger partial charge in [-0.05, 0) is 0 Å². The van der Waals surface area contributed by atoms with Crippen LogP contribution in [0, 0.1) is 0 Å². The summed E-state index contributed by atoms with van der Waals surface area (Å²) < 4.78 is 55.6. The zero-order chi connectivity index (χ0) is 13.2. The highest BCUT2D eigenvalue weighted by molar-refractivity contribution is 7.94. The molecule has 5 N–H and O–H groups in total. The van der Waals surface area contributed by atoms with E-state index in [9.17, 15) is 16.8 Å². The van der Waals surface area contributed by atoms with Crippen LogP contribution in [0.4, 0.5) is 0 Å². The van der Waals surface area contributed by atoms with Crippen molar-refractivity contribution in [2.45, 2.75) is 0 Å². The van der Waals surface area contributed by atoms with Gasteiger partial charge >= 0.3 is 20.8 Å². The number of hydrogen-bond donors (Lipinski definition) is 5. The van der Waals surface area contributed by atoms with E-state index in [0.717, 1.165) is 0 Å². The van der Waals surface area contributed by atoms with E-state index in [1.165, 1.54) is 0 Å². The molecule has 0 fully saturated rings. The fourth-order valence-electron chi connectivity index (χ4n) is 0.392. The summed E-state index contributed by atoms with van der Waals surface area (Å²) in [4.78, 5) is 0. The Morgan fingerprint density at radius 2 is 1.19 bits per heavy atom. The molecule has 0 aliphatic rings. The molecular formula is C4H13NO9S2. The molecule has 0 radical (unpaired) electrons. The first kappa shape index (κ1) is 18.0. The van der Waals surface area contributed by atoms with Crippen LogP contribution in [0.15, 0.2) is 0 Å². The van der Waals surface area contributed by atoms with Gasteiger partial charge in [-0.25, -0.2) is 0 Å². The molecule has 0 aromatic carbocycles. The van der Waals surface area contributed by atoms with Crippen molar-refractivity contribution in [3.63, 3.8) is 0 Å². The third kappa shape index (κ3) is 23.5. The molecule has 0 saturated heterocycles. The Bertz CT molecular complexity index is 312. The predicted molar refractivity (Wildman–Crippen MR) is 51.2 cm³/mol. The summed E-state index contributed by atoms with van der Waals surface area (Å²) in [6.07, 6.45) is 0. The van der Waals surface area contributed by atoms with Gasteiger partial charge in [0, 0.05) is 13.1 Å². The molecule has 0 atom stereocenters. The molecule has 100 valence electrons. The zero-order valence-electron chi connectivity index (χ0n) is 7.98. The summed E-state index contributed by atoms with van der Waals surface area (Å²) >= 11 is 0. The highest BCUT2D eigenvalue weighted by Gasteiger charge is 2.15. The minimum atomic E-state index is -5.12. The molecule has 0 heterocycles. The highest BCUT2D eigenvalue weighted by atomic mass is 32.3. The molecule has 0 spiro atoms. The standard InChI is InChI=1S/C4H11NO2.H2O7S2/c6-3-1-5-2-4-7;1-8(2,3)7-9(4,5)6/h5-7H,1-4H2;(H,1,2,3)(H,4,5,6). The molecule has 0 aromatic heterocycles. The topological polar surface area (TPSA) is 170 Å². The second-order valence-corrected chi connectivity index (χ2v) is 4.38. The van der Waals surface area contributed by atoms with E-state index in [4.69, 9.17) is 19.3 Å². The molecule has 0 aliphatic carbocycles. The Kier molecular flexibility index (Phi) is 9.89. The van der Waals surface area contributed by atoms with Crippen molar-refractivity contribution in [2.75, 3.05) is 26.3 Å². The van der Waals surface area contributed by atoms with E-state index >= 15 is 0 Å². The number of aliphatic hydroxyl groups is 2. The van der Waals surface area contributed by atoms with Crippen LogP contribution < -0.4 is 5.32 Å². The maximum Gasteiger partial charge on any atom is 0.413 e. The van der Waals surface area contributed by atoms with Crippen LogP contribution in [0.2, 0.25) is 0 Å². The highest BCUT2D eigenvalue weighted by Crippen LogP contribution is 1.91. The Hall–Kier alpha value is -0.340. The third-order valence-electron chi connectivity index (χ3n) is 0.749. The molecule has 16 heavy (non-hydrogen) atoms. The Labute approximate surface area is 92.8 Å². The molecule has 0 saturated carbocycles. The number of hydrogen-bond acceptors (Lipinski definition) is 8. The molecule has 0 aliphatic heterocycles. The Morgan fingerprint density at radius 3 is 1.31 bits per heavy atom. The van der Waals surface area contributed by atoms with E-state index in [0.29, 0.717) is 13.1 Å². The largest absolute Gasteiger partial charge is 0.413 e. The molecule has 0 unspecified atom stereocenters. The van der Waals surface area contributed by atoms with Gasteiger partial charge in [-0.1, -0.05) is 0 Å². The molecule has 0 amide bonds. The van der Waals surface area contributed by atoms with Gasteiger partial charge in [0.05, 0.1) is 13.2 Å². The molecular weight excluding hydrogens is 270 g/mol. The lowest BCUT2D eigenvalue weighted by Gasteiger charge is -1.94. The molecule has 10 nitrogen and oxygen atoms in total. The van der Waals surface area contributed by atoms with Gasteiger partial charge in [-0.15, -0.1) is 3.63 Å². The van der Waals surface area contributed by atoms with E-state index < -0.39 is 20.8 Å². The Balaban J connectivity index is 0. The minimum Gasteiger partial charge on any atom is -0.395 e. The second-order valence-electron chi connectivity index (χ2n) is 2.12. The average molecular weight is 283 g/mol. The summed E-state index contributed by atoms with van der Waals surface area (Å²) in [7, 11) is -10.2. The fraction of sp³-hybridized carbons (Fsp3) is 1.00. The minimum absolute atomic E-state index is 0.139. The molecule has 12 heteroatoms. The van der Waals surface area contributed by atoms with Crippen molar-refractivity contribution < 1.29 is 39.8 Å². The van der Waals surface area contributed by atoms with Crippen molar-refractivity contribution in [1.82, 2.24) is 5.32 Å². The summed E-state index contributed by atoms with van der Waals surface area (Å²) in [5.41, 5.74) is 0. The lowest BCUT2D eigenvalue weighted by Crippen LogP contribution is -2.21. The van der Waals surface area contributed by atoms with Crippen molar-refractivity contribution >= 4 is 20.8 Å². The third-order valence-corrected chi connectivity index (χ3v) is 2.12. The summed E-state index contributed by atoms with van der Waals surface area (Å²) in [6.45, 7) is 1.42. The maximum atomic E-state index is 9.44. The Morgan fingerprint density at radius 1 is 0.875 bits per heavy atom. The van der Waals surface area contributed by atoms with E-state index in [-0.39, 0.29) is 13.2 Å². The predicted octanol–water partition coefficient (Wildman–Crippen LogP) is -2.83. The van der Waals surface area contributed by atoms with Crippen molar-refractivity contribution in [1.29, 1.82) is 0 Å². The molecule has 0 aromatic rings. The van der Waals surface area contributed by atoms with Gasteiger partial charge in [0.2, 0.25) is 0 Å². The summed E-state index contributed by atoms with van der Waals surface area (Å²) in [5, 5.41) is 19.1. The van der Waals surface area contributed by atoms with E-state index in [1.807, 2.05) is 0 Å². The lowest BCUT2D eigenvalue weighted by molar-refractivity contribution is 0.266. The maximum absolute atomic E-state index is 9.44. The first-order valence-electron chi connectivity index (χ1n) is 3.70. The molecule has 0 rings (SSSR count). The van der Waals surface area contributed by atoms with Gasteiger partial charge in [0.25, 0.3) is 0 Å². The van der Waals surface area contributed by atoms with Gasteiger partial charge < -0.3 is 15.5 Å². The first-order valence-corrected chi connectivity index (χ1v) is 6.44. The van der Waals surface area contributed by atoms with Crippen molar-refractivity contribution in [2.24, 2.45) is 0 Å². The number of aliphatic hydroxyl groups excluding tert-OH is 2. The first-order chi connectivity index (χ1) is 7.12.